The average molecular weight is 477 g/mol. The lowest BCUT2D eigenvalue weighted by atomic mass is 10.0. The van der Waals surface area contributed by atoms with Crippen molar-refractivity contribution in [3.63, 3.8) is 0 Å². The Morgan fingerprint density at radius 3 is 2.42 bits per heavy atom. The third kappa shape index (κ3) is 4.70. The third-order valence-electron chi connectivity index (χ3n) is 5.00. The second kappa shape index (κ2) is 9.78. The van der Waals surface area contributed by atoms with E-state index < -0.39 is 0 Å². The number of benzene rings is 2. The van der Waals surface area contributed by atoms with Crippen LogP contribution >= 0.6 is 23.2 Å². The number of anilines is 2. The summed E-state index contributed by atoms with van der Waals surface area (Å²) in [5, 5.41) is 14.4. The van der Waals surface area contributed by atoms with Gasteiger partial charge in [0.2, 0.25) is 0 Å². The average Bonchev–Trinajstić information content (AvgIpc) is 2.84. The molecular formula is C25H18Cl2N4O2. The van der Waals surface area contributed by atoms with Gasteiger partial charge in [-0.2, -0.15) is 5.26 Å². The minimum atomic E-state index is 0.356. The van der Waals surface area contributed by atoms with Gasteiger partial charge in [-0.15, -0.1) is 0 Å². The van der Waals surface area contributed by atoms with Gasteiger partial charge in [0.1, 0.15) is 17.6 Å². The molecule has 0 atom stereocenters. The number of nitriles is 1. The normalized spacial score (nSPS) is 10.9. The van der Waals surface area contributed by atoms with Crippen LogP contribution in [0.15, 0.2) is 55.0 Å². The molecule has 164 valence electrons. The second-order valence-corrected chi connectivity index (χ2v) is 7.79. The lowest BCUT2D eigenvalue weighted by molar-refractivity contribution is 0.414. The van der Waals surface area contributed by atoms with Crippen molar-refractivity contribution in [2.24, 2.45) is 0 Å². The van der Waals surface area contributed by atoms with Crippen LogP contribution in [0.2, 0.25) is 10.0 Å². The third-order valence-corrected chi connectivity index (χ3v) is 5.61. The number of pyridine rings is 2. The first-order valence-corrected chi connectivity index (χ1v) is 10.6. The van der Waals surface area contributed by atoms with Crippen molar-refractivity contribution in [3.05, 3.63) is 81.7 Å². The molecule has 0 fully saturated rings. The summed E-state index contributed by atoms with van der Waals surface area (Å²) in [7, 11) is 3.12. The fourth-order valence-electron chi connectivity index (χ4n) is 3.34. The van der Waals surface area contributed by atoms with E-state index in [1.54, 1.807) is 31.6 Å². The van der Waals surface area contributed by atoms with Gasteiger partial charge in [0.15, 0.2) is 0 Å². The van der Waals surface area contributed by atoms with Gasteiger partial charge in [-0.05, 0) is 35.9 Å². The highest BCUT2D eigenvalue weighted by atomic mass is 35.5. The molecule has 2 aromatic carbocycles. The molecule has 0 radical (unpaired) electrons. The number of methoxy groups -OCH3 is 2. The maximum absolute atomic E-state index is 9.71. The molecule has 0 aliphatic heterocycles. The molecule has 4 rings (SSSR count). The van der Waals surface area contributed by atoms with Crippen LogP contribution in [-0.4, -0.2) is 24.2 Å². The minimum absolute atomic E-state index is 0.356. The summed E-state index contributed by atoms with van der Waals surface area (Å²) in [6, 6.07) is 13.0. The van der Waals surface area contributed by atoms with Gasteiger partial charge in [0.25, 0.3) is 0 Å². The summed E-state index contributed by atoms with van der Waals surface area (Å²) in [5.41, 5.74) is 3.99. The van der Waals surface area contributed by atoms with Gasteiger partial charge in [0.05, 0.1) is 46.7 Å². The molecule has 6 nitrogen and oxygen atoms in total. The second-order valence-electron chi connectivity index (χ2n) is 6.98. The number of hydrogen-bond acceptors (Lipinski definition) is 6. The van der Waals surface area contributed by atoms with E-state index in [9.17, 15) is 5.26 Å². The van der Waals surface area contributed by atoms with Gasteiger partial charge in [0, 0.05) is 35.6 Å². The highest BCUT2D eigenvalue weighted by molar-refractivity contribution is 6.37. The molecular weight excluding hydrogens is 459 g/mol. The summed E-state index contributed by atoms with van der Waals surface area (Å²) in [6.45, 7) is 0. The van der Waals surface area contributed by atoms with Crippen LogP contribution in [0, 0.1) is 11.3 Å². The molecule has 0 spiro atoms. The van der Waals surface area contributed by atoms with Crippen LogP contribution in [0.5, 0.6) is 11.5 Å². The highest BCUT2D eigenvalue weighted by Gasteiger charge is 2.15. The number of fused-ring (bicyclic) bond motifs is 1. The van der Waals surface area contributed by atoms with Gasteiger partial charge in [-0.1, -0.05) is 35.4 Å². The van der Waals surface area contributed by atoms with Crippen LogP contribution in [0.25, 0.3) is 23.1 Å². The molecule has 0 saturated heterocycles. The zero-order valence-corrected chi connectivity index (χ0v) is 19.3. The molecule has 0 aliphatic rings. The topological polar surface area (TPSA) is 80.1 Å². The zero-order chi connectivity index (χ0) is 23.4. The number of hydrogen-bond donors (Lipinski definition) is 1. The number of rotatable bonds is 6. The van der Waals surface area contributed by atoms with Gasteiger partial charge in [-0.25, -0.2) is 0 Å². The molecule has 8 heteroatoms. The monoisotopic (exact) mass is 476 g/mol. The number of nitrogens with one attached hydrogen (secondary N) is 1. The Bertz CT molecular complexity index is 1400. The van der Waals surface area contributed by atoms with Crippen molar-refractivity contribution >= 4 is 57.6 Å². The zero-order valence-electron chi connectivity index (χ0n) is 17.8. The lowest BCUT2D eigenvalue weighted by Gasteiger charge is -2.16. The number of nitrogens with zero attached hydrogens (tertiary/aromatic N) is 3. The highest BCUT2D eigenvalue weighted by Crippen LogP contribution is 2.39. The Kier molecular flexibility index (Phi) is 6.64. The molecule has 0 unspecified atom stereocenters. The Hall–Kier alpha value is -3.79. The molecule has 33 heavy (non-hydrogen) atoms. The fraction of sp³-hybridized carbons (Fsp3) is 0.0800. The molecule has 4 aromatic rings. The van der Waals surface area contributed by atoms with E-state index in [0.717, 1.165) is 11.1 Å². The van der Waals surface area contributed by atoms with Crippen LogP contribution in [0.4, 0.5) is 11.4 Å². The molecule has 2 heterocycles. The molecule has 2 aromatic heterocycles. The van der Waals surface area contributed by atoms with E-state index >= 15 is 0 Å². The van der Waals surface area contributed by atoms with Crippen LogP contribution in [0.1, 0.15) is 16.7 Å². The largest absolute Gasteiger partial charge is 0.496 e. The van der Waals surface area contributed by atoms with Crippen molar-refractivity contribution in [2.45, 2.75) is 0 Å². The van der Waals surface area contributed by atoms with Crippen molar-refractivity contribution in [2.75, 3.05) is 19.5 Å². The summed E-state index contributed by atoms with van der Waals surface area (Å²) in [6.07, 6.45) is 8.90. The summed E-state index contributed by atoms with van der Waals surface area (Å²) in [5.74, 6) is 1.09. The van der Waals surface area contributed by atoms with Crippen LogP contribution in [0.3, 0.4) is 0 Å². The maximum atomic E-state index is 9.71. The summed E-state index contributed by atoms with van der Waals surface area (Å²) in [4.78, 5) is 8.51. The van der Waals surface area contributed by atoms with Gasteiger partial charge in [-0.3, -0.25) is 9.97 Å². The predicted molar refractivity (Wildman–Crippen MR) is 132 cm³/mol. The van der Waals surface area contributed by atoms with Crippen LogP contribution < -0.4 is 14.8 Å². The van der Waals surface area contributed by atoms with Crippen molar-refractivity contribution < 1.29 is 9.47 Å². The quantitative estimate of drug-likeness (QED) is 0.331. The number of ether oxygens (including phenoxy) is 2. The van der Waals surface area contributed by atoms with Crippen molar-refractivity contribution in [1.82, 2.24) is 9.97 Å². The first kappa shape index (κ1) is 22.4. The van der Waals surface area contributed by atoms with Gasteiger partial charge < -0.3 is 14.8 Å². The van der Waals surface area contributed by atoms with Crippen molar-refractivity contribution in [3.8, 4) is 17.6 Å². The van der Waals surface area contributed by atoms with Crippen molar-refractivity contribution in [1.29, 1.82) is 5.26 Å². The molecule has 1 N–H and O–H groups in total. The SMILES string of the molecule is COc1cc(Nc2c(C#N)cnc3cc(/C=C/c4ccncc4)c(OC)cc23)c(Cl)cc1Cl. The van der Waals surface area contributed by atoms with E-state index in [2.05, 4.69) is 21.4 Å². The van der Waals surface area contributed by atoms with E-state index in [4.69, 9.17) is 32.7 Å². The lowest BCUT2D eigenvalue weighted by Crippen LogP contribution is -1.99. The number of halogens is 2. The van der Waals surface area contributed by atoms with E-state index in [-0.39, 0.29) is 0 Å². The molecule has 0 amide bonds. The Morgan fingerprint density at radius 2 is 1.73 bits per heavy atom. The first-order valence-electron chi connectivity index (χ1n) is 9.83. The fourth-order valence-corrected chi connectivity index (χ4v) is 3.85. The summed E-state index contributed by atoms with van der Waals surface area (Å²) < 4.78 is 10.9. The Morgan fingerprint density at radius 1 is 0.970 bits per heavy atom. The number of aromatic nitrogens is 2. The predicted octanol–water partition coefficient (Wildman–Crippen LogP) is 6.74. The summed E-state index contributed by atoms with van der Waals surface area (Å²) >= 11 is 12.6. The molecule has 0 saturated carbocycles. The first-order chi connectivity index (χ1) is 16.0. The maximum Gasteiger partial charge on any atom is 0.139 e. The minimum Gasteiger partial charge on any atom is -0.496 e. The smallest absolute Gasteiger partial charge is 0.139 e. The van der Waals surface area contributed by atoms with E-state index in [1.807, 2.05) is 36.4 Å². The molecule has 0 aliphatic carbocycles. The Labute approximate surface area is 201 Å². The van der Waals surface area contributed by atoms with E-state index in [0.29, 0.717) is 49.4 Å². The molecule has 0 bridgehead atoms. The van der Waals surface area contributed by atoms with Gasteiger partial charge >= 0.3 is 0 Å². The standard InChI is InChI=1S/C25H18Cl2N4O2/c1-32-23-10-18-21(9-16(23)4-3-15-5-7-29-8-6-15)30-14-17(13-28)25(18)31-22-12-24(33-2)20(27)11-19(22)26/h3-12,14H,1-2H3,(H,30,31)/b4-3+. The van der Waals surface area contributed by atoms with Crippen LogP contribution in [-0.2, 0) is 0 Å². The van der Waals surface area contributed by atoms with E-state index in [1.165, 1.54) is 13.3 Å². The Balaban J connectivity index is 1.83.